The van der Waals surface area contributed by atoms with E-state index in [2.05, 4.69) is 22.1 Å². The van der Waals surface area contributed by atoms with Gasteiger partial charge in [-0.2, -0.15) is 0 Å². The second-order valence-corrected chi connectivity index (χ2v) is 6.67. The van der Waals surface area contributed by atoms with Gasteiger partial charge >= 0.3 is 0 Å². The van der Waals surface area contributed by atoms with Crippen LogP contribution in [-0.4, -0.2) is 49.6 Å². The van der Waals surface area contributed by atoms with Gasteiger partial charge in [-0.05, 0) is 18.6 Å². The molecule has 114 valence electrons. The number of carbonyl (C=O) groups is 1. The SMILES string of the molecule is CS(=O)(=O)CCCNC(=O)c1ncccc1C#CCCO. The first-order chi connectivity index (χ1) is 9.94. The molecule has 7 heteroatoms. The Kier molecular flexibility index (Phi) is 6.85. The van der Waals surface area contributed by atoms with E-state index in [1.807, 2.05) is 0 Å². The lowest BCUT2D eigenvalue weighted by molar-refractivity contribution is 0.0948. The minimum Gasteiger partial charge on any atom is -0.395 e. The Bertz CT molecular complexity index is 644. The average Bonchev–Trinajstić information content (AvgIpc) is 2.43. The van der Waals surface area contributed by atoms with Crippen LogP contribution in [0.2, 0.25) is 0 Å². The Hall–Kier alpha value is -1.91. The third-order valence-corrected chi connectivity index (χ3v) is 3.49. The van der Waals surface area contributed by atoms with Gasteiger partial charge in [0.2, 0.25) is 0 Å². The number of sulfone groups is 1. The molecule has 0 aliphatic carbocycles. The molecular formula is C14H18N2O4S. The molecule has 0 bridgehead atoms. The summed E-state index contributed by atoms with van der Waals surface area (Å²) in [5.74, 6) is 5.15. The summed E-state index contributed by atoms with van der Waals surface area (Å²) in [7, 11) is -3.02. The van der Waals surface area contributed by atoms with Crippen molar-refractivity contribution in [1.29, 1.82) is 0 Å². The minimum absolute atomic E-state index is 0.0264. The first-order valence-corrected chi connectivity index (χ1v) is 8.51. The second-order valence-electron chi connectivity index (χ2n) is 4.41. The van der Waals surface area contributed by atoms with E-state index in [4.69, 9.17) is 5.11 Å². The van der Waals surface area contributed by atoms with Gasteiger partial charge in [0.25, 0.3) is 5.91 Å². The van der Waals surface area contributed by atoms with Crippen molar-refractivity contribution in [3.05, 3.63) is 29.6 Å². The van der Waals surface area contributed by atoms with Gasteiger partial charge in [-0.25, -0.2) is 13.4 Å². The number of hydrogen-bond donors (Lipinski definition) is 2. The quantitative estimate of drug-likeness (QED) is 0.568. The molecule has 1 heterocycles. The zero-order valence-corrected chi connectivity index (χ0v) is 12.6. The van der Waals surface area contributed by atoms with Crippen molar-refractivity contribution in [1.82, 2.24) is 10.3 Å². The van der Waals surface area contributed by atoms with Crippen molar-refractivity contribution in [3.63, 3.8) is 0 Å². The van der Waals surface area contributed by atoms with Crippen LogP contribution in [-0.2, 0) is 9.84 Å². The molecule has 2 N–H and O–H groups in total. The molecular weight excluding hydrogens is 292 g/mol. The van der Waals surface area contributed by atoms with E-state index < -0.39 is 15.7 Å². The number of nitrogens with one attached hydrogen (secondary N) is 1. The lowest BCUT2D eigenvalue weighted by Crippen LogP contribution is -2.27. The molecule has 0 saturated heterocycles. The third kappa shape index (κ3) is 6.88. The van der Waals surface area contributed by atoms with Crippen LogP contribution in [0.3, 0.4) is 0 Å². The summed E-state index contributed by atoms with van der Waals surface area (Å²) in [6.07, 6.45) is 3.32. The number of hydrogen-bond acceptors (Lipinski definition) is 5. The Balaban J connectivity index is 2.64. The van der Waals surface area contributed by atoms with E-state index >= 15 is 0 Å². The van der Waals surface area contributed by atoms with E-state index in [0.29, 0.717) is 18.4 Å². The highest BCUT2D eigenvalue weighted by atomic mass is 32.2. The number of carbonyl (C=O) groups excluding carboxylic acids is 1. The predicted molar refractivity (Wildman–Crippen MR) is 79.5 cm³/mol. The summed E-state index contributed by atoms with van der Waals surface area (Å²) in [4.78, 5) is 16.0. The topological polar surface area (TPSA) is 96.4 Å². The van der Waals surface area contributed by atoms with Crippen LogP contribution in [0.5, 0.6) is 0 Å². The molecule has 21 heavy (non-hydrogen) atoms. The number of aliphatic hydroxyl groups excluding tert-OH is 1. The van der Waals surface area contributed by atoms with E-state index in [1.165, 1.54) is 6.20 Å². The second kappa shape index (κ2) is 8.39. The summed E-state index contributed by atoms with van der Waals surface area (Å²) in [5, 5.41) is 11.3. The summed E-state index contributed by atoms with van der Waals surface area (Å²) >= 11 is 0. The van der Waals surface area contributed by atoms with Crippen LogP contribution in [0, 0.1) is 11.8 Å². The molecule has 0 aromatic carbocycles. The monoisotopic (exact) mass is 310 g/mol. The van der Waals surface area contributed by atoms with Crippen molar-refractivity contribution in [2.45, 2.75) is 12.8 Å². The maximum Gasteiger partial charge on any atom is 0.271 e. The fourth-order valence-corrected chi connectivity index (χ4v) is 2.19. The molecule has 1 rings (SSSR count). The Morgan fingerprint density at radius 3 is 2.90 bits per heavy atom. The zero-order chi connectivity index (χ0) is 15.7. The van der Waals surface area contributed by atoms with Gasteiger partial charge in [-0.1, -0.05) is 11.8 Å². The van der Waals surface area contributed by atoms with Crippen LogP contribution in [0.4, 0.5) is 0 Å². The molecule has 6 nitrogen and oxygen atoms in total. The van der Waals surface area contributed by atoms with Crippen molar-refractivity contribution in [2.75, 3.05) is 25.2 Å². The highest BCUT2D eigenvalue weighted by molar-refractivity contribution is 7.90. The molecule has 1 aromatic heterocycles. The maximum atomic E-state index is 12.0. The third-order valence-electron chi connectivity index (χ3n) is 2.46. The standard InChI is InChI=1S/C14H18N2O4S/c1-21(19,20)11-5-9-16-14(18)13-12(6-2-3-10-17)7-4-8-15-13/h4,7-8,17H,3,5,9-11H2,1H3,(H,16,18). The van der Waals surface area contributed by atoms with Gasteiger partial charge < -0.3 is 10.4 Å². The Labute approximate surface area is 124 Å². The summed E-state index contributed by atoms with van der Waals surface area (Å²) in [5.41, 5.74) is 0.675. The first-order valence-electron chi connectivity index (χ1n) is 6.44. The normalized spacial score (nSPS) is 10.6. The number of pyridine rings is 1. The summed E-state index contributed by atoms with van der Waals surface area (Å²) in [6.45, 7) is 0.215. The van der Waals surface area contributed by atoms with Crippen molar-refractivity contribution < 1.29 is 18.3 Å². The predicted octanol–water partition coefficient (Wildman–Crippen LogP) is -0.0200. The van der Waals surface area contributed by atoms with E-state index in [-0.39, 0.29) is 24.6 Å². The first kappa shape index (κ1) is 17.1. The molecule has 0 aliphatic rings. The van der Waals surface area contributed by atoms with Crippen LogP contribution >= 0.6 is 0 Å². The average molecular weight is 310 g/mol. The molecule has 0 aliphatic heterocycles. The summed E-state index contributed by atoms with van der Waals surface area (Å²) in [6, 6.07) is 3.34. The molecule has 0 radical (unpaired) electrons. The molecule has 0 fully saturated rings. The fraction of sp³-hybridized carbons (Fsp3) is 0.429. The zero-order valence-electron chi connectivity index (χ0n) is 11.8. The van der Waals surface area contributed by atoms with Gasteiger partial charge in [0.1, 0.15) is 15.5 Å². The lowest BCUT2D eigenvalue weighted by Gasteiger charge is -2.05. The van der Waals surface area contributed by atoms with E-state index in [0.717, 1.165) is 6.26 Å². The number of aliphatic hydroxyl groups is 1. The molecule has 1 aromatic rings. The van der Waals surface area contributed by atoms with E-state index in [9.17, 15) is 13.2 Å². The highest BCUT2D eigenvalue weighted by Gasteiger charge is 2.11. The molecule has 0 unspecified atom stereocenters. The Morgan fingerprint density at radius 2 is 2.24 bits per heavy atom. The molecule has 0 atom stereocenters. The van der Waals surface area contributed by atoms with Crippen molar-refractivity contribution in [2.24, 2.45) is 0 Å². The highest BCUT2D eigenvalue weighted by Crippen LogP contribution is 2.03. The molecule has 0 saturated carbocycles. The van der Waals surface area contributed by atoms with Crippen molar-refractivity contribution >= 4 is 15.7 Å². The number of nitrogens with zero attached hydrogens (tertiary/aromatic N) is 1. The molecule has 1 amide bonds. The van der Waals surface area contributed by atoms with Crippen LogP contribution < -0.4 is 5.32 Å². The van der Waals surface area contributed by atoms with Gasteiger partial charge in [0, 0.05) is 25.4 Å². The number of amides is 1. The van der Waals surface area contributed by atoms with Gasteiger partial charge in [0.15, 0.2) is 0 Å². The van der Waals surface area contributed by atoms with Crippen LogP contribution in [0.15, 0.2) is 18.3 Å². The fourth-order valence-electron chi connectivity index (χ4n) is 1.52. The van der Waals surface area contributed by atoms with Gasteiger partial charge in [0.05, 0.1) is 17.9 Å². The minimum atomic E-state index is -3.02. The van der Waals surface area contributed by atoms with Crippen LogP contribution in [0.25, 0.3) is 0 Å². The largest absolute Gasteiger partial charge is 0.395 e. The van der Waals surface area contributed by atoms with Gasteiger partial charge in [-0.3, -0.25) is 4.79 Å². The van der Waals surface area contributed by atoms with Gasteiger partial charge in [-0.15, -0.1) is 0 Å². The van der Waals surface area contributed by atoms with Crippen LogP contribution in [0.1, 0.15) is 28.9 Å². The maximum absolute atomic E-state index is 12.0. The number of aromatic nitrogens is 1. The summed E-state index contributed by atoms with van der Waals surface area (Å²) < 4.78 is 22.0. The Morgan fingerprint density at radius 1 is 1.48 bits per heavy atom. The van der Waals surface area contributed by atoms with E-state index in [1.54, 1.807) is 12.1 Å². The number of rotatable bonds is 6. The lowest BCUT2D eigenvalue weighted by atomic mass is 10.2. The van der Waals surface area contributed by atoms with Crippen molar-refractivity contribution in [3.8, 4) is 11.8 Å². The smallest absolute Gasteiger partial charge is 0.271 e. The molecule has 0 spiro atoms.